The average molecular weight is 554 g/mol. The van der Waals surface area contributed by atoms with E-state index in [0.717, 1.165) is 17.1 Å². The summed E-state index contributed by atoms with van der Waals surface area (Å²) in [5.74, 6) is 0. The predicted octanol–water partition coefficient (Wildman–Crippen LogP) is 12.0. The minimum absolute atomic E-state index is 1.13. The molecule has 198 valence electrons. The third kappa shape index (κ3) is 4.34. The highest BCUT2D eigenvalue weighted by atomic mass is 32.1. The van der Waals surface area contributed by atoms with Crippen LogP contribution < -0.4 is 4.90 Å². The molecule has 1 heterocycles. The Labute approximate surface area is 249 Å². The maximum atomic E-state index is 2.38. The zero-order valence-electron chi connectivity index (χ0n) is 22.9. The first kappa shape index (κ1) is 24.6. The Balaban J connectivity index is 1.29. The highest BCUT2D eigenvalue weighted by molar-refractivity contribution is 7.26. The van der Waals surface area contributed by atoms with Crippen LogP contribution in [0.25, 0.3) is 53.2 Å². The summed E-state index contributed by atoms with van der Waals surface area (Å²) in [4.78, 5) is 2.38. The average Bonchev–Trinajstić information content (AvgIpc) is 3.45. The predicted molar refractivity (Wildman–Crippen MR) is 182 cm³/mol. The van der Waals surface area contributed by atoms with E-state index in [1.165, 1.54) is 53.2 Å². The van der Waals surface area contributed by atoms with Crippen LogP contribution in [0.5, 0.6) is 0 Å². The van der Waals surface area contributed by atoms with Crippen molar-refractivity contribution in [3.8, 4) is 22.3 Å². The normalized spacial score (nSPS) is 11.3. The van der Waals surface area contributed by atoms with Crippen LogP contribution in [0.1, 0.15) is 0 Å². The van der Waals surface area contributed by atoms with Crippen LogP contribution in [0.4, 0.5) is 17.1 Å². The molecule has 8 rings (SSSR count). The summed E-state index contributed by atoms with van der Waals surface area (Å²) in [5, 5.41) is 5.24. The number of thiophene rings is 1. The molecule has 0 bridgehead atoms. The van der Waals surface area contributed by atoms with Gasteiger partial charge in [0.05, 0.1) is 0 Å². The van der Waals surface area contributed by atoms with Crippen LogP contribution >= 0.6 is 11.3 Å². The first-order chi connectivity index (χ1) is 20.8. The van der Waals surface area contributed by atoms with Gasteiger partial charge in [-0.3, -0.25) is 0 Å². The molecule has 0 aliphatic carbocycles. The van der Waals surface area contributed by atoms with E-state index < -0.39 is 0 Å². The molecule has 0 radical (unpaired) electrons. The van der Waals surface area contributed by atoms with E-state index in [1.807, 2.05) is 11.3 Å². The van der Waals surface area contributed by atoms with Crippen molar-refractivity contribution in [1.29, 1.82) is 0 Å². The highest BCUT2D eigenvalue weighted by Crippen LogP contribution is 2.43. The van der Waals surface area contributed by atoms with Gasteiger partial charge in [-0.15, -0.1) is 11.3 Å². The van der Waals surface area contributed by atoms with E-state index in [2.05, 4.69) is 169 Å². The molecule has 0 amide bonds. The van der Waals surface area contributed by atoms with Gasteiger partial charge >= 0.3 is 0 Å². The van der Waals surface area contributed by atoms with Crippen molar-refractivity contribution in [3.63, 3.8) is 0 Å². The Morgan fingerprint density at radius 3 is 1.74 bits per heavy atom. The zero-order chi connectivity index (χ0) is 27.9. The van der Waals surface area contributed by atoms with E-state index in [1.54, 1.807) is 0 Å². The monoisotopic (exact) mass is 553 g/mol. The third-order valence-corrected chi connectivity index (χ3v) is 9.25. The van der Waals surface area contributed by atoms with Crippen LogP contribution in [0.15, 0.2) is 164 Å². The van der Waals surface area contributed by atoms with Gasteiger partial charge in [0.2, 0.25) is 0 Å². The molecule has 7 aromatic carbocycles. The lowest BCUT2D eigenvalue weighted by Crippen LogP contribution is -2.09. The van der Waals surface area contributed by atoms with Gasteiger partial charge in [-0.05, 0) is 69.4 Å². The fourth-order valence-electron chi connectivity index (χ4n) is 5.97. The summed E-state index contributed by atoms with van der Waals surface area (Å²) >= 11 is 1.89. The fourth-order valence-corrected chi connectivity index (χ4v) is 7.24. The SMILES string of the molecule is c1ccc(-c2ccc(N(c3cccc(-c4ccccc4)c3)c3ccc4c(c3)sc3c5ccccc5ccc43)cc2)cc1. The van der Waals surface area contributed by atoms with Gasteiger partial charge in [0.25, 0.3) is 0 Å². The van der Waals surface area contributed by atoms with Crippen LogP contribution in [-0.4, -0.2) is 0 Å². The molecular weight excluding hydrogens is 527 g/mol. The summed E-state index contributed by atoms with van der Waals surface area (Å²) < 4.78 is 2.65. The van der Waals surface area contributed by atoms with Crippen molar-refractivity contribution in [3.05, 3.63) is 164 Å². The van der Waals surface area contributed by atoms with Crippen molar-refractivity contribution in [2.45, 2.75) is 0 Å². The van der Waals surface area contributed by atoms with Crippen molar-refractivity contribution in [2.75, 3.05) is 4.90 Å². The van der Waals surface area contributed by atoms with Crippen molar-refractivity contribution < 1.29 is 0 Å². The van der Waals surface area contributed by atoms with Crippen molar-refractivity contribution in [1.82, 2.24) is 0 Å². The van der Waals surface area contributed by atoms with Gasteiger partial charge in [0.15, 0.2) is 0 Å². The van der Waals surface area contributed by atoms with E-state index in [4.69, 9.17) is 0 Å². The molecule has 0 N–H and O–H groups in total. The second-order valence-electron chi connectivity index (χ2n) is 10.6. The second-order valence-corrected chi connectivity index (χ2v) is 11.7. The smallest absolute Gasteiger partial charge is 0.0476 e. The topological polar surface area (TPSA) is 3.24 Å². The highest BCUT2D eigenvalue weighted by Gasteiger charge is 2.16. The Kier molecular flexibility index (Phi) is 6.05. The van der Waals surface area contributed by atoms with E-state index in [0.29, 0.717) is 0 Å². The summed E-state index contributed by atoms with van der Waals surface area (Å²) in [6.45, 7) is 0. The van der Waals surface area contributed by atoms with E-state index in [-0.39, 0.29) is 0 Å². The van der Waals surface area contributed by atoms with Crippen LogP contribution in [-0.2, 0) is 0 Å². The molecule has 0 unspecified atom stereocenters. The number of rotatable bonds is 5. The zero-order valence-corrected chi connectivity index (χ0v) is 23.8. The van der Waals surface area contributed by atoms with Crippen molar-refractivity contribution >= 4 is 59.3 Å². The molecule has 0 atom stereocenters. The maximum absolute atomic E-state index is 2.38. The fraction of sp³-hybridized carbons (Fsp3) is 0. The van der Waals surface area contributed by atoms with Gasteiger partial charge in [-0.1, -0.05) is 127 Å². The maximum Gasteiger partial charge on any atom is 0.0476 e. The second kappa shape index (κ2) is 10.3. The van der Waals surface area contributed by atoms with Crippen LogP contribution in [0.2, 0.25) is 0 Å². The molecule has 0 spiro atoms. The largest absolute Gasteiger partial charge is 0.310 e. The summed E-state index contributed by atoms with van der Waals surface area (Å²) in [6, 6.07) is 59.1. The summed E-state index contributed by atoms with van der Waals surface area (Å²) in [5.41, 5.74) is 8.26. The summed E-state index contributed by atoms with van der Waals surface area (Å²) in [6.07, 6.45) is 0. The molecule has 8 aromatic rings. The first-order valence-corrected chi connectivity index (χ1v) is 15.1. The Morgan fingerprint density at radius 2 is 0.952 bits per heavy atom. The van der Waals surface area contributed by atoms with Gasteiger partial charge in [-0.2, -0.15) is 0 Å². The number of benzene rings is 7. The molecule has 1 aromatic heterocycles. The molecule has 2 heteroatoms. The Bertz CT molecular complexity index is 2180. The summed E-state index contributed by atoms with van der Waals surface area (Å²) in [7, 11) is 0. The molecule has 0 aliphatic heterocycles. The molecule has 0 aliphatic rings. The molecule has 42 heavy (non-hydrogen) atoms. The lowest BCUT2D eigenvalue weighted by atomic mass is 10.0. The standard InChI is InChI=1S/C40H27NS/c1-3-10-28(11-4-1)30-18-21-33(22-19-30)41(34-16-9-15-32(26-34)29-12-5-2-6-13-29)35-23-25-37-38-24-20-31-14-7-8-17-36(31)40(38)42-39(37)27-35/h1-27H. The van der Waals surface area contributed by atoms with E-state index >= 15 is 0 Å². The Hall–Kier alpha value is -5.18. The van der Waals surface area contributed by atoms with Gasteiger partial charge in [0, 0.05) is 37.2 Å². The molecule has 0 saturated carbocycles. The quantitative estimate of drug-likeness (QED) is 0.205. The first-order valence-electron chi connectivity index (χ1n) is 14.3. The molecular formula is C40H27NS. The minimum Gasteiger partial charge on any atom is -0.310 e. The van der Waals surface area contributed by atoms with Crippen molar-refractivity contribution in [2.24, 2.45) is 0 Å². The van der Waals surface area contributed by atoms with Crippen LogP contribution in [0.3, 0.4) is 0 Å². The Morgan fingerprint density at radius 1 is 0.357 bits per heavy atom. The van der Waals surface area contributed by atoms with Gasteiger partial charge in [0.1, 0.15) is 0 Å². The van der Waals surface area contributed by atoms with Crippen LogP contribution in [0, 0.1) is 0 Å². The number of fused-ring (bicyclic) bond motifs is 5. The number of nitrogens with zero attached hydrogens (tertiary/aromatic N) is 1. The molecule has 1 nitrogen and oxygen atoms in total. The lowest BCUT2D eigenvalue weighted by Gasteiger charge is -2.26. The number of hydrogen-bond donors (Lipinski definition) is 0. The lowest BCUT2D eigenvalue weighted by molar-refractivity contribution is 1.29. The van der Waals surface area contributed by atoms with Gasteiger partial charge in [-0.25, -0.2) is 0 Å². The molecule has 0 fully saturated rings. The third-order valence-electron chi connectivity index (χ3n) is 8.05. The van der Waals surface area contributed by atoms with Gasteiger partial charge < -0.3 is 4.90 Å². The number of hydrogen-bond acceptors (Lipinski definition) is 2. The molecule has 0 saturated heterocycles. The van der Waals surface area contributed by atoms with E-state index in [9.17, 15) is 0 Å². The minimum atomic E-state index is 1.13. The number of anilines is 3.